The van der Waals surface area contributed by atoms with Gasteiger partial charge in [-0.25, -0.2) is 4.79 Å². The van der Waals surface area contributed by atoms with E-state index in [9.17, 15) is 14.7 Å². The lowest BCUT2D eigenvalue weighted by atomic mass is 9.77. The van der Waals surface area contributed by atoms with Crippen LogP contribution in [0.2, 0.25) is 8.67 Å². The zero-order valence-corrected chi connectivity index (χ0v) is 13.2. The molecule has 1 aromatic heterocycles. The number of hydrogen-bond acceptors (Lipinski definition) is 3. The highest BCUT2D eigenvalue weighted by Gasteiger charge is 2.42. The van der Waals surface area contributed by atoms with Crippen molar-refractivity contribution >= 4 is 46.4 Å². The third-order valence-electron chi connectivity index (χ3n) is 3.79. The van der Waals surface area contributed by atoms with E-state index in [-0.39, 0.29) is 9.90 Å². The number of carboxylic acids is 1. The molecule has 4 nitrogen and oxygen atoms in total. The van der Waals surface area contributed by atoms with Gasteiger partial charge in [0.1, 0.15) is 9.88 Å². The number of carboxylic acid groups (broad SMARTS) is 1. The molecular weight excluding hydrogens is 321 g/mol. The van der Waals surface area contributed by atoms with Crippen molar-refractivity contribution in [3.8, 4) is 0 Å². The van der Waals surface area contributed by atoms with Gasteiger partial charge in [0.05, 0.1) is 9.90 Å². The largest absolute Gasteiger partial charge is 0.480 e. The van der Waals surface area contributed by atoms with E-state index >= 15 is 0 Å². The summed E-state index contributed by atoms with van der Waals surface area (Å²) >= 11 is 12.8. The Morgan fingerprint density at radius 1 is 1.40 bits per heavy atom. The molecule has 1 amide bonds. The molecule has 0 spiro atoms. The second-order valence-corrected chi connectivity index (χ2v) is 7.55. The molecule has 1 aromatic rings. The number of halogens is 2. The van der Waals surface area contributed by atoms with Crippen LogP contribution in [0, 0.1) is 5.92 Å². The van der Waals surface area contributed by atoms with Gasteiger partial charge in [0.2, 0.25) is 0 Å². The average molecular weight is 336 g/mol. The molecule has 0 bridgehead atoms. The molecule has 0 aliphatic heterocycles. The Balaban J connectivity index is 2.19. The number of carbonyl (C=O) groups excluding carboxylic acids is 1. The van der Waals surface area contributed by atoms with Gasteiger partial charge in [-0.2, -0.15) is 0 Å². The van der Waals surface area contributed by atoms with Crippen molar-refractivity contribution in [2.45, 2.75) is 38.1 Å². The molecule has 2 N–H and O–H groups in total. The Kier molecular flexibility index (Phi) is 4.62. The van der Waals surface area contributed by atoms with Gasteiger partial charge >= 0.3 is 5.97 Å². The topological polar surface area (TPSA) is 66.4 Å². The second kappa shape index (κ2) is 5.92. The van der Waals surface area contributed by atoms with Crippen LogP contribution in [0.1, 0.15) is 43.0 Å². The molecule has 1 fully saturated rings. The average Bonchev–Trinajstić information content (AvgIpc) is 2.71. The van der Waals surface area contributed by atoms with Gasteiger partial charge in [-0.1, -0.05) is 30.1 Å². The zero-order chi connectivity index (χ0) is 14.9. The normalized spacial score (nSPS) is 26.2. The molecule has 0 atom stereocenters. The molecule has 1 aliphatic carbocycles. The van der Waals surface area contributed by atoms with Gasteiger partial charge in [0, 0.05) is 0 Å². The van der Waals surface area contributed by atoms with Crippen molar-refractivity contribution in [1.82, 2.24) is 5.32 Å². The Labute approximate surface area is 131 Å². The van der Waals surface area contributed by atoms with Crippen LogP contribution >= 0.6 is 34.5 Å². The lowest BCUT2D eigenvalue weighted by molar-refractivity contribution is -0.146. The fraction of sp³-hybridized carbons (Fsp3) is 0.538. The van der Waals surface area contributed by atoms with E-state index in [1.165, 1.54) is 6.07 Å². The molecule has 0 radical (unpaired) electrons. The second-order valence-electron chi connectivity index (χ2n) is 5.26. The van der Waals surface area contributed by atoms with Gasteiger partial charge in [0.15, 0.2) is 0 Å². The minimum absolute atomic E-state index is 0.237. The van der Waals surface area contributed by atoms with E-state index in [1.807, 2.05) is 0 Å². The number of amides is 1. The SMILES string of the molecule is CC1CCC(NC(=O)c2cc(Cl)sc2Cl)(C(=O)O)CC1. The highest BCUT2D eigenvalue weighted by Crippen LogP contribution is 2.34. The number of nitrogens with one attached hydrogen (secondary N) is 1. The Morgan fingerprint density at radius 3 is 2.45 bits per heavy atom. The molecule has 1 heterocycles. The molecule has 1 aliphatic rings. The van der Waals surface area contributed by atoms with E-state index < -0.39 is 17.4 Å². The smallest absolute Gasteiger partial charge is 0.329 e. The summed E-state index contributed by atoms with van der Waals surface area (Å²) in [4.78, 5) is 23.8. The van der Waals surface area contributed by atoms with Crippen molar-refractivity contribution in [2.24, 2.45) is 5.92 Å². The van der Waals surface area contributed by atoms with E-state index in [2.05, 4.69) is 12.2 Å². The van der Waals surface area contributed by atoms with E-state index in [0.717, 1.165) is 24.2 Å². The minimum Gasteiger partial charge on any atom is -0.480 e. The number of hydrogen-bond donors (Lipinski definition) is 2. The molecule has 0 aromatic carbocycles. The first kappa shape index (κ1) is 15.6. The van der Waals surface area contributed by atoms with E-state index in [0.29, 0.717) is 23.1 Å². The molecular formula is C13H15Cl2NO3S. The monoisotopic (exact) mass is 335 g/mol. The maximum atomic E-state index is 12.2. The summed E-state index contributed by atoms with van der Waals surface area (Å²) in [6, 6.07) is 1.46. The third-order valence-corrected chi connectivity index (χ3v) is 5.28. The Bertz CT molecular complexity index is 536. The molecule has 2 rings (SSSR count). The highest BCUT2D eigenvalue weighted by atomic mass is 35.5. The first-order chi connectivity index (χ1) is 9.34. The van der Waals surface area contributed by atoms with Crippen LogP contribution in [0.25, 0.3) is 0 Å². The summed E-state index contributed by atoms with van der Waals surface area (Å²) in [5, 5.41) is 12.1. The predicted octanol–water partition coefficient (Wildman–Crippen LogP) is 3.82. The van der Waals surface area contributed by atoms with Crippen molar-refractivity contribution in [2.75, 3.05) is 0 Å². The summed E-state index contributed by atoms with van der Waals surface area (Å²) < 4.78 is 0.680. The van der Waals surface area contributed by atoms with Crippen LogP contribution in [0.4, 0.5) is 0 Å². The molecule has 110 valence electrons. The number of thiophene rings is 1. The summed E-state index contributed by atoms with van der Waals surface area (Å²) in [5.74, 6) is -0.983. The first-order valence-corrected chi connectivity index (χ1v) is 7.92. The standard InChI is InChI=1S/C13H15Cl2NO3S/c1-7-2-4-13(5-3-7,12(18)19)16-11(17)8-6-9(14)20-10(8)15/h6-7H,2-5H2,1H3,(H,16,17)(H,18,19). The van der Waals surface area contributed by atoms with Gasteiger partial charge in [-0.3, -0.25) is 4.79 Å². The molecule has 7 heteroatoms. The fourth-order valence-electron chi connectivity index (χ4n) is 2.43. The van der Waals surface area contributed by atoms with Crippen LogP contribution in [0.3, 0.4) is 0 Å². The Morgan fingerprint density at radius 2 is 2.00 bits per heavy atom. The molecule has 20 heavy (non-hydrogen) atoms. The summed E-state index contributed by atoms with van der Waals surface area (Å²) in [6.07, 6.45) is 2.44. The van der Waals surface area contributed by atoms with Crippen LogP contribution in [0.5, 0.6) is 0 Å². The van der Waals surface area contributed by atoms with E-state index in [4.69, 9.17) is 23.2 Å². The quantitative estimate of drug-likeness (QED) is 0.882. The van der Waals surface area contributed by atoms with Crippen molar-refractivity contribution in [3.05, 3.63) is 20.3 Å². The van der Waals surface area contributed by atoms with Crippen LogP contribution in [0.15, 0.2) is 6.07 Å². The summed E-state index contributed by atoms with van der Waals surface area (Å²) in [7, 11) is 0. The highest BCUT2D eigenvalue weighted by molar-refractivity contribution is 7.20. The molecule has 0 saturated heterocycles. The van der Waals surface area contributed by atoms with Gasteiger partial charge in [-0.05, 0) is 37.7 Å². The first-order valence-electron chi connectivity index (χ1n) is 6.35. The van der Waals surface area contributed by atoms with Crippen LogP contribution < -0.4 is 5.32 Å². The lowest BCUT2D eigenvalue weighted by Gasteiger charge is -2.36. The third kappa shape index (κ3) is 3.10. The number of aliphatic carboxylic acids is 1. The number of carbonyl (C=O) groups is 2. The maximum absolute atomic E-state index is 12.2. The zero-order valence-electron chi connectivity index (χ0n) is 10.9. The molecule has 1 saturated carbocycles. The summed E-state index contributed by atoms with van der Waals surface area (Å²) in [6.45, 7) is 2.09. The maximum Gasteiger partial charge on any atom is 0.329 e. The van der Waals surface area contributed by atoms with E-state index in [1.54, 1.807) is 0 Å². The lowest BCUT2D eigenvalue weighted by Crippen LogP contribution is -2.56. The van der Waals surface area contributed by atoms with Crippen molar-refractivity contribution in [3.63, 3.8) is 0 Å². The predicted molar refractivity (Wildman–Crippen MR) is 79.8 cm³/mol. The van der Waals surface area contributed by atoms with Gasteiger partial charge in [-0.15, -0.1) is 11.3 Å². The van der Waals surface area contributed by atoms with Crippen LogP contribution in [-0.2, 0) is 4.79 Å². The fourth-order valence-corrected chi connectivity index (χ4v) is 3.89. The molecule has 0 unspecified atom stereocenters. The minimum atomic E-state index is -1.19. The Hall–Kier alpha value is -0.780. The van der Waals surface area contributed by atoms with Crippen molar-refractivity contribution in [1.29, 1.82) is 0 Å². The summed E-state index contributed by atoms with van der Waals surface area (Å²) in [5.41, 5.74) is -0.956. The van der Waals surface area contributed by atoms with Gasteiger partial charge in [0.25, 0.3) is 5.91 Å². The number of rotatable bonds is 3. The van der Waals surface area contributed by atoms with Crippen molar-refractivity contribution < 1.29 is 14.7 Å². The van der Waals surface area contributed by atoms with Crippen LogP contribution in [-0.4, -0.2) is 22.5 Å². The van der Waals surface area contributed by atoms with Gasteiger partial charge < -0.3 is 10.4 Å².